The van der Waals surface area contributed by atoms with Crippen molar-refractivity contribution in [1.29, 1.82) is 0 Å². The van der Waals surface area contributed by atoms with Gasteiger partial charge in [-0.05, 0) is 61.6 Å². The number of hydrogen-bond acceptors (Lipinski definition) is 7. The maximum Gasteiger partial charge on any atom is 0.327 e. The molecule has 0 saturated heterocycles. The summed E-state index contributed by atoms with van der Waals surface area (Å²) < 4.78 is 61.1. The molecular weight excluding hydrogens is 527 g/mol. The zero-order valence-corrected chi connectivity index (χ0v) is 23.7. The molecule has 1 unspecified atom stereocenters. The topological polar surface area (TPSA) is 108 Å². The highest BCUT2D eigenvalue weighted by Gasteiger charge is 2.17. The van der Waals surface area contributed by atoms with Crippen molar-refractivity contribution in [3.63, 3.8) is 0 Å². The Morgan fingerprint density at radius 2 is 1.69 bits per heavy atom. The number of carbonyl (C=O) groups is 1. The highest BCUT2D eigenvalue weighted by molar-refractivity contribution is 7.87. The second-order valence-corrected chi connectivity index (χ2v) is 10.6. The van der Waals surface area contributed by atoms with Gasteiger partial charge in [0.25, 0.3) is 0 Å². The van der Waals surface area contributed by atoms with Gasteiger partial charge in [-0.25, -0.2) is 9.18 Å². The summed E-state index contributed by atoms with van der Waals surface area (Å²) in [5.41, 5.74) is 1.45. The van der Waals surface area contributed by atoms with Gasteiger partial charge < -0.3 is 23.5 Å². The van der Waals surface area contributed by atoms with Crippen molar-refractivity contribution in [2.24, 2.45) is 0 Å². The van der Waals surface area contributed by atoms with Gasteiger partial charge in [0, 0.05) is 19.1 Å². The lowest BCUT2D eigenvalue weighted by Crippen LogP contribution is -2.14. The minimum absolute atomic E-state index is 0.162. The van der Waals surface area contributed by atoms with E-state index in [-0.39, 0.29) is 24.2 Å². The van der Waals surface area contributed by atoms with Gasteiger partial charge in [0.05, 0.1) is 25.1 Å². The number of carboxylic acid groups (broad SMARTS) is 1. The Morgan fingerprint density at radius 1 is 0.974 bits per heavy atom. The fraction of sp³-hybridized carbons (Fsp3) is 0.483. The molecule has 8 nitrogen and oxygen atoms in total. The van der Waals surface area contributed by atoms with Crippen molar-refractivity contribution < 1.29 is 41.1 Å². The summed E-state index contributed by atoms with van der Waals surface area (Å²) in [4.78, 5) is 10.8. The van der Waals surface area contributed by atoms with Gasteiger partial charge in [-0.1, -0.05) is 44.9 Å². The molecule has 39 heavy (non-hydrogen) atoms. The van der Waals surface area contributed by atoms with Crippen molar-refractivity contribution in [3.05, 3.63) is 65.5 Å². The Bertz CT molecular complexity index is 1180. The van der Waals surface area contributed by atoms with Crippen LogP contribution >= 0.6 is 0 Å². The molecule has 0 aromatic heterocycles. The van der Waals surface area contributed by atoms with Gasteiger partial charge in [0.2, 0.25) is 0 Å². The number of aliphatic carboxylic acids is 1. The van der Waals surface area contributed by atoms with E-state index in [0.717, 1.165) is 24.5 Å². The smallest absolute Gasteiger partial charge is 0.327 e. The van der Waals surface area contributed by atoms with Gasteiger partial charge in [0.15, 0.2) is 23.1 Å². The molecule has 0 aliphatic rings. The Hall–Kier alpha value is -3.11. The van der Waals surface area contributed by atoms with Crippen LogP contribution in [0.3, 0.4) is 0 Å². The molecule has 216 valence electrons. The van der Waals surface area contributed by atoms with E-state index in [0.29, 0.717) is 56.0 Å². The largest absolute Gasteiger partial charge is 0.490 e. The molecule has 1 N–H and O–H groups in total. The van der Waals surface area contributed by atoms with E-state index < -0.39 is 21.9 Å². The molecule has 2 aromatic carbocycles. The molecule has 0 aliphatic heterocycles. The lowest BCUT2D eigenvalue weighted by Gasteiger charge is -2.19. The van der Waals surface area contributed by atoms with Gasteiger partial charge in [0.1, 0.15) is 0 Å². The van der Waals surface area contributed by atoms with Crippen LogP contribution in [0.25, 0.3) is 0 Å². The third kappa shape index (κ3) is 11.7. The minimum Gasteiger partial charge on any atom is -0.490 e. The number of halogens is 1. The average molecular weight is 567 g/mol. The van der Waals surface area contributed by atoms with Crippen LogP contribution in [0.15, 0.2) is 48.6 Å². The molecule has 0 aliphatic carbocycles. The summed E-state index contributed by atoms with van der Waals surface area (Å²) in [7, 11) is -3.84. The van der Waals surface area contributed by atoms with E-state index in [1.54, 1.807) is 18.2 Å². The maximum atomic E-state index is 14.5. The summed E-state index contributed by atoms with van der Waals surface area (Å²) in [5, 5.41) is 8.88. The van der Waals surface area contributed by atoms with Crippen molar-refractivity contribution in [2.75, 3.05) is 25.6 Å². The SMILES string of the molecule is CCCCOc1cc(C(CC=CC(=O)O)OCC)ccc1OCCc1ccc(OS(=O)(=O)CCCC)c(F)c1. The summed E-state index contributed by atoms with van der Waals surface area (Å²) in [6.07, 6.45) is 6.02. The molecule has 0 saturated carbocycles. The number of benzene rings is 2. The van der Waals surface area contributed by atoms with E-state index in [4.69, 9.17) is 23.5 Å². The maximum absolute atomic E-state index is 14.5. The normalized spacial score (nSPS) is 12.4. The molecule has 0 radical (unpaired) electrons. The summed E-state index contributed by atoms with van der Waals surface area (Å²) in [5.74, 6) is -1.19. The molecular formula is C29H39FO8S. The fourth-order valence-electron chi connectivity index (χ4n) is 3.62. The van der Waals surface area contributed by atoms with E-state index in [1.165, 1.54) is 12.1 Å². The molecule has 10 heteroatoms. The summed E-state index contributed by atoms with van der Waals surface area (Å²) in [6.45, 7) is 6.99. The van der Waals surface area contributed by atoms with E-state index in [9.17, 15) is 17.6 Å². The highest BCUT2D eigenvalue weighted by Crippen LogP contribution is 2.33. The van der Waals surface area contributed by atoms with Crippen LogP contribution < -0.4 is 13.7 Å². The van der Waals surface area contributed by atoms with Crippen LogP contribution in [0, 0.1) is 5.82 Å². The highest BCUT2D eigenvalue weighted by atomic mass is 32.2. The number of unbranched alkanes of at least 4 members (excludes halogenated alkanes) is 2. The van der Waals surface area contributed by atoms with Crippen LogP contribution in [-0.4, -0.2) is 45.1 Å². The van der Waals surface area contributed by atoms with Gasteiger partial charge in [-0.2, -0.15) is 8.42 Å². The van der Waals surface area contributed by atoms with E-state index in [1.807, 2.05) is 26.0 Å². The number of rotatable bonds is 19. The molecule has 1 atom stereocenters. The van der Waals surface area contributed by atoms with Crippen molar-refractivity contribution in [2.45, 2.75) is 65.4 Å². The Kier molecular flexibility index (Phi) is 13.8. The first kappa shape index (κ1) is 32.1. The lowest BCUT2D eigenvalue weighted by atomic mass is 10.1. The van der Waals surface area contributed by atoms with Crippen LogP contribution in [0.5, 0.6) is 17.2 Å². The first-order chi connectivity index (χ1) is 18.7. The van der Waals surface area contributed by atoms with Crippen LogP contribution in [0.2, 0.25) is 0 Å². The second-order valence-electron chi connectivity index (χ2n) is 8.89. The Balaban J connectivity index is 2.10. The predicted molar refractivity (Wildman–Crippen MR) is 148 cm³/mol. The second kappa shape index (κ2) is 16.8. The third-order valence-electron chi connectivity index (χ3n) is 5.68. The van der Waals surface area contributed by atoms with Gasteiger partial charge >= 0.3 is 16.1 Å². The zero-order chi connectivity index (χ0) is 28.7. The molecule has 2 rings (SSSR count). The fourth-order valence-corrected chi connectivity index (χ4v) is 4.76. The molecule has 0 bridgehead atoms. The molecule has 0 spiro atoms. The zero-order valence-electron chi connectivity index (χ0n) is 22.9. The lowest BCUT2D eigenvalue weighted by molar-refractivity contribution is -0.131. The van der Waals surface area contributed by atoms with Crippen molar-refractivity contribution in [3.8, 4) is 17.2 Å². The quantitative estimate of drug-likeness (QED) is 0.121. The van der Waals surface area contributed by atoms with Crippen LogP contribution in [0.4, 0.5) is 4.39 Å². The average Bonchev–Trinajstić information content (AvgIpc) is 2.89. The van der Waals surface area contributed by atoms with Crippen LogP contribution in [-0.2, 0) is 26.1 Å². The number of ether oxygens (including phenoxy) is 3. The third-order valence-corrected chi connectivity index (χ3v) is 6.90. The van der Waals surface area contributed by atoms with E-state index >= 15 is 0 Å². The number of carboxylic acids is 1. The van der Waals surface area contributed by atoms with Crippen molar-refractivity contribution >= 4 is 16.1 Å². The molecule has 0 amide bonds. The molecule has 2 aromatic rings. The number of hydrogen-bond donors (Lipinski definition) is 1. The van der Waals surface area contributed by atoms with Crippen molar-refractivity contribution in [1.82, 2.24) is 0 Å². The van der Waals surface area contributed by atoms with Gasteiger partial charge in [-0.15, -0.1) is 0 Å². The Labute approximate surface area is 230 Å². The molecule has 0 heterocycles. The Morgan fingerprint density at radius 3 is 2.36 bits per heavy atom. The molecule has 0 fully saturated rings. The first-order valence-electron chi connectivity index (χ1n) is 13.3. The summed E-state index contributed by atoms with van der Waals surface area (Å²) in [6, 6.07) is 9.63. The first-order valence-corrected chi connectivity index (χ1v) is 14.9. The van der Waals surface area contributed by atoms with E-state index in [2.05, 4.69) is 6.92 Å². The predicted octanol–water partition coefficient (Wildman–Crippen LogP) is 6.24. The minimum atomic E-state index is -3.84. The monoisotopic (exact) mass is 566 g/mol. The van der Waals surface area contributed by atoms with Crippen LogP contribution in [0.1, 0.15) is 70.1 Å². The summed E-state index contributed by atoms with van der Waals surface area (Å²) >= 11 is 0. The standard InChI is InChI=1S/C29H39FO8S/c1-4-7-17-36-28-21-23(25(35-6-3)10-9-11-29(31)32)13-15-27(28)37-18-16-22-12-14-26(24(30)20-22)38-39(33,34)19-8-5-2/h9,11-15,20-21,25H,4-8,10,16-19H2,1-3H3,(H,31,32). The van der Waals surface area contributed by atoms with Gasteiger partial charge in [-0.3, -0.25) is 0 Å².